The van der Waals surface area contributed by atoms with Crippen LogP contribution in [0.2, 0.25) is 0 Å². The Balaban J connectivity index is 1.69. The average Bonchev–Trinajstić information content (AvgIpc) is 2.89. The van der Waals surface area contributed by atoms with Gasteiger partial charge in [-0.25, -0.2) is 0 Å². The van der Waals surface area contributed by atoms with Crippen LogP contribution in [0.25, 0.3) is 6.08 Å². The quantitative estimate of drug-likeness (QED) is 0.641. The predicted octanol–water partition coefficient (Wildman–Crippen LogP) is 4.01. The Bertz CT molecular complexity index is 876. The van der Waals surface area contributed by atoms with Gasteiger partial charge in [0.05, 0.1) is 10.9 Å². The maximum absolute atomic E-state index is 12.4. The van der Waals surface area contributed by atoms with Crippen LogP contribution in [-0.4, -0.2) is 28.1 Å². The Hall–Kier alpha value is -2.44. The molecule has 0 aromatic heterocycles. The molecule has 4 nitrogen and oxygen atoms in total. The van der Waals surface area contributed by atoms with Gasteiger partial charge in [0.25, 0.3) is 11.8 Å². The number of carbonyl (C=O) groups is 2. The number of amides is 2. The summed E-state index contributed by atoms with van der Waals surface area (Å²) >= 11 is 6.40. The number of hydrogen-bond acceptors (Lipinski definition) is 4. The molecule has 1 heterocycles. The molecule has 1 saturated heterocycles. The van der Waals surface area contributed by atoms with Crippen LogP contribution in [-0.2, 0) is 4.79 Å². The lowest BCUT2D eigenvalue weighted by atomic mass is 10.1. The zero-order chi connectivity index (χ0) is 18.7. The van der Waals surface area contributed by atoms with Gasteiger partial charge in [-0.05, 0) is 36.3 Å². The number of rotatable bonds is 4. The maximum atomic E-state index is 12.4. The minimum Gasteiger partial charge on any atom is -0.346 e. The summed E-state index contributed by atoms with van der Waals surface area (Å²) in [4.78, 5) is 26.5. The van der Waals surface area contributed by atoms with Crippen molar-refractivity contribution in [1.29, 1.82) is 0 Å². The summed E-state index contributed by atoms with van der Waals surface area (Å²) in [6.45, 7) is 1.95. The van der Waals surface area contributed by atoms with E-state index in [1.807, 2.05) is 49.4 Å². The van der Waals surface area contributed by atoms with Crippen molar-refractivity contribution in [3.63, 3.8) is 0 Å². The molecule has 2 amide bonds. The van der Waals surface area contributed by atoms with Crippen molar-refractivity contribution >= 4 is 46.2 Å². The highest BCUT2D eigenvalue weighted by molar-refractivity contribution is 8.26. The number of thioether (sulfide) groups is 1. The first kappa shape index (κ1) is 18.4. The number of hydrogen-bond donors (Lipinski definition) is 1. The first-order chi connectivity index (χ1) is 12.5. The second-order valence-electron chi connectivity index (χ2n) is 5.97. The molecule has 2 aromatic carbocycles. The van der Waals surface area contributed by atoms with Gasteiger partial charge in [-0.15, -0.1) is 0 Å². The van der Waals surface area contributed by atoms with Gasteiger partial charge in [-0.3, -0.25) is 14.5 Å². The number of likely N-dealkylation sites (N-methyl/N-ethyl adjacent to an activating group) is 1. The topological polar surface area (TPSA) is 49.4 Å². The maximum Gasteiger partial charge on any atom is 0.265 e. The molecule has 26 heavy (non-hydrogen) atoms. The highest BCUT2D eigenvalue weighted by Gasteiger charge is 2.28. The van der Waals surface area contributed by atoms with E-state index in [1.165, 1.54) is 16.7 Å². The van der Waals surface area contributed by atoms with Gasteiger partial charge in [0.1, 0.15) is 4.32 Å². The second kappa shape index (κ2) is 7.85. The molecular formula is C20H18N2O2S2. The van der Waals surface area contributed by atoms with Crippen LogP contribution in [0.4, 0.5) is 0 Å². The van der Waals surface area contributed by atoms with E-state index < -0.39 is 0 Å². The van der Waals surface area contributed by atoms with Gasteiger partial charge >= 0.3 is 0 Å². The van der Waals surface area contributed by atoms with Crippen molar-refractivity contribution in [2.75, 3.05) is 7.05 Å². The summed E-state index contributed by atoms with van der Waals surface area (Å²) in [5.74, 6) is -0.230. The predicted molar refractivity (Wildman–Crippen MR) is 110 cm³/mol. The zero-order valence-corrected chi connectivity index (χ0v) is 16.1. The van der Waals surface area contributed by atoms with E-state index in [0.29, 0.717) is 14.8 Å². The van der Waals surface area contributed by atoms with E-state index in [1.54, 1.807) is 25.3 Å². The van der Waals surface area contributed by atoms with E-state index in [2.05, 4.69) is 5.32 Å². The van der Waals surface area contributed by atoms with Gasteiger partial charge in [0.15, 0.2) is 0 Å². The first-order valence-electron chi connectivity index (χ1n) is 8.13. The van der Waals surface area contributed by atoms with E-state index in [0.717, 1.165) is 11.1 Å². The van der Waals surface area contributed by atoms with Gasteiger partial charge in [-0.2, -0.15) is 0 Å². The normalized spacial score (nSPS) is 16.8. The summed E-state index contributed by atoms with van der Waals surface area (Å²) in [5.41, 5.74) is 2.48. The lowest BCUT2D eigenvalue weighted by Crippen LogP contribution is -2.26. The van der Waals surface area contributed by atoms with Crippen molar-refractivity contribution in [2.24, 2.45) is 0 Å². The van der Waals surface area contributed by atoms with Crippen LogP contribution < -0.4 is 5.32 Å². The molecule has 0 aliphatic carbocycles. The third kappa shape index (κ3) is 4.03. The van der Waals surface area contributed by atoms with E-state index in [-0.39, 0.29) is 17.9 Å². The Morgan fingerprint density at radius 2 is 1.81 bits per heavy atom. The molecule has 0 spiro atoms. The van der Waals surface area contributed by atoms with Crippen LogP contribution in [0.1, 0.15) is 34.5 Å². The molecule has 3 rings (SSSR count). The number of carbonyl (C=O) groups excluding carboxylic acids is 2. The second-order valence-corrected chi connectivity index (χ2v) is 7.64. The van der Waals surface area contributed by atoms with Gasteiger partial charge in [0.2, 0.25) is 0 Å². The fourth-order valence-electron chi connectivity index (χ4n) is 2.53. The van der Waals surface area contributed by atoms with Crippen LogP contribution >= 0.6 is 24.0 Å². The fraction of sp³-hybridized carbons (Fsp3) is 0.150. The van der Waals surface area contributed by atoms with Crippen LogP contribution in [0.5, 0.6) is 0 Å². The molecular weight excluding hydrogens is 364 g/mol. The Kier molecular flexibility index (Phi) is 5.54. The van der Waals surface area contributed by atoms with E-state index in [9.17, 15) is 9.59 Å². The molecule has 1 aliphatic rings. The minimum absolute atomic E-state index is 0.0745. The van der Waals surface area contributed by atoms with Crippen molar-refractivity contribution in [1.82, 2.24) is 10.2 Å². The highest BCUT2D eigenvalue weighted by atomic mass is 32.2. The number of thiocarbonyl (C=S) groups is 1. The molecule has 1 aliphatic heterocycles. The summed E-state index contributed by atoms with van der Waals surface area (Å²) in [7, 11) is 1.67. The molecule has 0 saturated carbocycles. The van der Waals surface area contributed by atoms with Crippen molar-refractivity contribution in [2.45, 2.75) is 13.0 Å². The summed E-state index contributed by atoms with van der Waals surface area (Å²) in [5, 5.41) is 2.99. The largest absolute Gasteiger partial charge is 0.346 e. The number of benzene rings is 2. The third-order valence-corrected chi connectivity index (χ3v) is 5.59. The van der Waals surface area contributed by atoms with Crippen LogP contribution in [0.3, 0.4) is 0 Å². The molecule has 1 fully saturated rings. The molecule has 1 N–H and O–H groups in total. The summed E-state index contributed by atoms with van der Waals surface area (Å²) < 4.78 is 0.548. The fourth-order valence-corrected chi connectivity index (χ4v) is 3.71. The first-order valence-corrected chi connectivity index (χ1v) is 9.35. The van der Waals surface area contributed by atoms with Crippen molar-refractivity contribution < 1.29 is 9.59 Å². The molecule has 2 aromatic rings. The molecule has 6 heteroatoms. The summed E-state index contributed by atoms with van der Waals surface area (Å²) in [6, 6.07) is 16.9. The number of nitrogens with zero attached hydrogens (tertiary/aromatic N) is 1. The number of nitrogens with one attached hydrogen (secondary N) is 1. The highest BCUT2D eigenvalue weighted by Crippen LogP contribution is 2.31. The Morgan fingerprint density at radius 3 is 2.38 bits per heavy atom. The molecule has 0 bridgehead atoms. The van der Waals surface area contributed by atoms with Crippen molar-refractivity contribution in [3.8, 4) is 0 Å². The smallest absolute Gasteiger partial charge is 0.265 e. The standard InChI is InChI=1S/C20H18N2O2S2/c1-13(15-6-4-3-5-7-15)21-18(23)16-10-8-14(9-11-16)12-17-19(24)22(2)20(25)26-17/h3-13H,1-2H3,(H,21,23)/b17-12-/t13-/m1/s1. The molecule has 1 atom stereocenters. The monoisotopic (exact) mass is 382 g/mol. The minimum atomic E-state index is -0.132. The Labute approximate surface area is 162 Å². The van der Waals surface area contributed by atoms with Gasteiger partial charge in [0, 0.05) is 12.6 Å². The van der Waals surface area contributed by atoms with Gasteiger partial charge < -0.3 is 5.32 Å². The average molecular weight is 383 g/mol. The van der Waals surface area contributed by atoms with Crippen LogP contribution in [0.15, 0.2) is 59.5 Å². The van der Waals surface area contributed by atoms with Crippen molar-refractivity contribution in [3.05, 3.63) is 76.2 Å². The SMILES string of the molecule is C[C@@H](NC(=O)c1ccc(/C=C2\SC(=S)N(C)C2=O)cc1)c1ccccc1. The molecule has 0 unspecified atom stereocenters. The van der Waals surface area contributed by atoms with E-state index >= 15 is 0 Å². The third-order valence-electron chi connectivity index (χ3n) is 4.10. The molecule has 132 valence electrons. The summed E-state index contributed by atoms with van der Waals surface area (Å²) in [6.07, 6.45) is 1.79. The van der Waals surface area contributed by atoms with Gasteiger partial charge in [-0.1, -0.05) is 66.4 Å². The Morgan fingerprint density at radius 1 is 1.15 bits per heavy atom. The van der Waals surface area contributed by atoms with E-state index in [4.69, 9.17) is 12.2 Å². The molecule has 0 radical (unpaired) electrons. The zero-order valence-electron chi connectivity index (χ0n) is 14.4. The lowest BCUT2D eigenvalue weighted by molar-refractivity contribution is -0.121. The lowest BCUT2D eigenvalue weighted by Gasteiger charge is -2.14. The van der Waals surface area contributed by atoms with Crippen LogP contribution in [0, 0.1) is 0 Å².